The van der Waals surface area contributed by atoms with E-state index in [0.717, 1.165) is 5.56 Å². The molecule has 1 unspecified atom stereocenters. The van der Waals surface area contributed by atoms with Crippen LogP contribution in [0.4, 0.5) is 14.5 Å². The van der Waals surface area contributed by atoms with Crippen molar-refractivity contribution in [2.75, 3.05) is 38.2 Å². The third-order valence-corrected chi connectivity index (χ3v) is 5.24. The number of aliphatic hydroxyl groups excluding tert-OH is 1. The van der Waals surface area contributed by atoms with Crippen LogP contribution in [0.3, 0.4) is 0 Å². The summed E-state index contributed by atoms with van der Waals surface area (Å²) < 4.78 is 32.9. The predicted octanol–water partition coefficient (Wildman–Crippen LogP) is 1.65. The summed E-state index contributed by atoms with van der Waals surface area (Å²) in [4.78, 5) is 9.68. The van der Waals surface area contributed by atoms with Gasteiger partial charge < -0.3 is 14.7 Å². The van der Waals surface area contributed by atoms with Gasteiger partial charge in [0.15, 0.2) is 12.2 Å². The van der Waals surface area contributed by atoms with Crippen molar-refractivity contribution < 1.29 is 18.6 Å². The molecule has 144 valence electrons. The molecule has 2 aliphatic rings. The summed E-state index contributed by atoms with van der Waals surface area (Å²) in [5.74, 6) is -0.251. The molecule has 0 aliphatic carbocycles. The molecule has 2 saturated heterocycles. The first-order valence-corrected chi connectivity index (χ1v) is 8.91. The molecule has 3 heterocycles. The molecule has 0 radical (unpaired) electrons. The summed E-state index contributed by atoms with van der Waals surface area (Å²) in [5.41, 5.74) is 1.27. The van der Waals surface area contributed by atoms with Gasteiger partial charge in [-0.25, -0.2) is 8.78 Å². The number of piperazine rings is 1. The van der Waals surface area contributed by atoms with Gasteiger partial charge in [0.1, 0.15) is 11.6 Å². The Labute approximate surface area is 156 Å². The van der Waals surface area contributed by atoms with E-state index in [1.54, 1.807) is 18.3 Å². The maximum absolute atomic E-state index is 14.0. The minimum absolute atomic E-state index is 0.0665. The molecule has 2 fully saturated rings. The van der Waals surface area contributed by atoms with Gasteiger partial charge in [-0.2, -0.15) is 0 Å². The number of hydrogen-bond donors (Lipinski definition) is 1. The van der Waals surface area contributed by atoms with E-state index in [9.17, 15) is 13.9 Å². The van der Waals surface area contributed by atoms with Crippen LogP contribution in [0.25, 0.3) is 0 Å². The quantitative estimate of drug-likeness (QED) is 0.876. The van der Waals surface area contributed by atoms with Crippen molar-refractivity contribution in [3.05, 3.63) is 53.9 Å². The van der Waals surface area contributed by atoms with Crippen LogP contribution in [0.15, 0.2) is 36.7 Å². The molecule has 1 N–H and O–H groups in total. The van der Waals surface area contributed by atoms with Gasteiger partial charge >= 0.3 is 0 Å². The molecule has 1 aromatic heterocycles. The number of aromatic nitrogens is 1. The van der Waals surface area contributed by atoms with Crippen LogP contribution in [0.1, 0.15) is 5.56 Å². The van der Waals surface area contributed by atoms with Gasteiger partial charge in [-0.05, 0) is 23.8 Å². The molecule has 0 saturated carbocycles. The number of ether oxygens (including phenoxy) is 1. The van der Waals surface area contributed by atoms with Gasteiger partial charge in [0, 0.05) is 51.0 Å². The van der Waals surface area contributed by atoms with Gasteiger partial charge in [0.05, 0.1) is 19.0 Å². The largest absolute Gasteiger partial charge is 0.497 e. The molecule has 2 aliphatic heterocycles. The molecule has 0 spiro atoms. The van der Waals surface area contributed by atoms with E-state index in [-0.39, 0.29) is 17.7 Å². The Kier molecular flexibility index (Phi) is 4.94. The molecule has 27 heavy (non-hydrogen) atoms. The topological polar surface area (TPSA) is 52.1 Å². The van der Waals surface area contributed by atoms with Gasteiger partial charge in [-0.1, -0.05) is 0 Å². The second-order valence-electron chi connectivity index (χ2n) is 6.94. The van der Waals surface area contributed by atoms with Gasteiger partial charge in [0.25, 0.3) is 0 Å². The Bertz CT molecular complexity index is 822. The maximum Gasteiger partial charge on any atom is 0.166 e. The first-order valence-electron chi connectivity index (χ1n) is 8.91. The van der Waals surface area contributed by atoms with Crippen LogP contribution in [0, 0.1) is 11.6 Å². The number of pyridine rings is 1. The number of nitrogens with zero attached hydrogens (tertiary/aromatic N) is 4. The van der Waals surface area contributed by atoms with E-state index < -0.39 is 6.35 Å². The van der Waals surface area contributed by atoms with Gasteiger partial charge in [-0.15, -0.1) is 0 Å². The second kappa shape index (κ2) is 7.38. The lowest BCUT2D eigenvalue weighted by Crippen LogP contribution is -2.53. The molecular weight excluding hydrogens is 354 g/mol. The zero-order chi connectivity index (χ0) is 19.0. The van der Waals surface area contributed by atoms with E-state index in [4.69, 9.17) is 4.74 Å². The summed E-state index contributed by atoms with van der Waals surface area (Å²) in [6.07, 6.45) is 2.06. The lowest BCUT2D eigenvalue weighted by atomic mass is 10.1. The van der Waals surface area contributed by atoms with Crippen LogP contribution in [-0.2, 0) is 6.54 Å². The summed E-state index contributed by atoms with van der Waals surface area (Å²) in [7, 11) is 1.50. The van der Waals surface area contributed by atoms with E-state index >= 15 is 0 Å². The average Bonchev–Trinajstić information content (AvgIpc) is 2.96. The van der Waals surface area contributed by atoms with Gasteiger partial charge in [-0.3, -0.25) is 14.8 Å². The fourth-order valence-corrected chi connectivity index (χ4v) is 3.96. The zero-order valence-electron chi connectivity index (χ0n) is 15.1. The Hall–Kier alpha value is -2.29. The van der Waals surface area contributed by atoms with Crippen LogP contribution < -0.4 is 9.64 Å². The monoisotopic (exact) mass is 376 g/mol. The first-order chi connectivity index (χ1) is 13.0. The Balaban J connectivity index is 1.47. The number of hydrogen-bond acceptors (Lipinski definition) is 6. The highest BCUT2D eigenvalue weighted by Crippen LogP contribution is 2.29. The Morgan fingerprint density at radius 2 is 2.07 bits per heavy atom. The predicted molar refractivity (Wildman–Crippen MR) is 96.3 cm³/mol. The number of aliphatic hydroxyl groups is 1. The number of rotatable bonds is 4. The van der Waals surface area contributed by atoms with Crippen molar-refractivity contribution in [1.82, 2.24) is 14.8 Å². The van der Waals surface area contributed by atoms with Crippen molar-refractivity contribution in [3.8, 4) is 5.75 Å². The fourth-order valence-electron chi connectivity index (χ4n) is 3.96. The highest BCUT2D eigenvalue weighted by molar-refractivity contribution is 5.47. The van der Waals surface area contributed by atoms with E-state index in [1.807, 2.05) is 14.7 Å². The highest BCUT2D eigenvalue weighted by atomic mass is 19.1. The second-order valence-corrected chi connectivity index (χ2v) is 6.94. The number of halogens is 2. The summed E-state index contributed by atoms with van der Waals surface area (Å²) in [6, 6.07) is 6.29. The van der Waals surface area contributed by atoms with Gasteiger partial charge in [0.2, 0.25) is 0 Å². The number of benzene rings is 1. The van der Waals surface area contributed by atoms with Crippen LogP contribution >= 0.6 is 0 Å². The Morgan fingerprint density at radius 3 is 2.85 bits per heavy atom. The number of anilines is 1. The minimum atomic E-state index is -0.742. The lowest BCUT2D eigenvalue weighted by molar-refractivity contribution is -0.0695. The van der Waals surface area contributed by atoms with Crippen LogP contribution in [0.5, 0.6) is 5.75 Å². The summed E-state index contributed by atoms with van der Waals surface area (Å²) in [6.45, 7) is 2.88. The Morgan fingerprint density at radius 1 is 1.22 bits per heavy atom. The molecule has 8 heteroatoms. The number of fused-ring (bicyclic) bond motifs is 1. The van der Waals surface area contributed by atoms with E-state index in [0.29, 0.717) is 44.2 Å². The highest BCUT2D eigenvalue weighted by Gasteiger charge is 2.41. The van der Waals surface area contributed by atoms with E-state index in [2.05, 4.69) is 4.98 Å². The van der Waals surface area contributed by atoms with Crippen molar-refractivity contribution in [1.29, 1.82) is 0 Å². The standard InChI is InChI=1S/C19H22F2N4O2/c1-27-16-7-13(6-14(20)8-16)10-24-12-15-11-23(4-5-25(15)19(24)26)18-2-3-22-9-17(18)21/h2-3,6-9,15,19,26H,4-5,10-12H2,1H3/t15-,19?/m1/s1. The third kappa shape index (κ3) is 3.60. The van der Waals surface area contributed by atoms with Crippen molar-refractivity contribution in [2.45, 2.75) is 18.9 Å². The first kappa shape index (κ1) is 18.1. The SMILES string of the molecule is COc1cc(F)cc(CN2C[C@H]3CN(c4ccncc4F)CCN3C2O)c1. The zero-order valence-corrected chi connectivity index (χ0v) is 15.1. The number of methoxy groups -OCH3 is 1. The average molecular weight is 376 g/mol. The molecule has 4 rings (SSSR count). The molecule has 2 aromatic rings. The normalized spacial score (nSPS) is 23.5. The van der Waals surface area contributed by atoms with Crippen molar-refractivity contribution >= 4 is 5.69 Å². The lowest BCUT2D eigenvalue weighted by Gasteiger charge is -2.39. The maximum atomic E-state index is 14.0. The fraction of sp³-hybridized carbons (Fsp3) is 0.421. The summed E-state index contributed by atoms with van der Waals surface area (Å²) >= 11 is 0. The van der Waals surface area contributed by atoms with Crippen LogP contribution in [0.2, 0.25) is 0 Å². The minimum Gasteiger partial charge on any atom is -0.497 e. The third-order valence-electron chi connectivity index (χ3n) is 5.24. The summed E-state index contributed by atoms with van der Waals surface area (Å²) in [5, 5.41) is 10.7. The van der Waals surface area contributed by atoms with Crippen molar-refractivity contribution in [3.63, 3.8) is 0 Å². The molecular formula is C19H22F2N4O2. The molecule has 0 bridgehead atoms. The van der Waals surface area contributed by atoms with Crippen molar-refractivity contribution in [2.24, 2.45) is 0 Å². The van der Waals surface area contributed by atoms with E-state index in [1.165, 1.54) is 25.4 Å². The molecule has 2 atom stereocenters. The molecule has 1 aromatic carbocycles. The smallest absolute Gasteiger partial charge is 0.166 e. The molecule has 0 amide bonds. The molecule has 6 nitrogen and oxygen atoms in total. The van der Waals surface area contributed by atoms with Crippen LogP contribution in [-0.4, -0.2) is 65.6 Å².